The molecule has 0 atom stereocenters. The van der Waals surface area contributed by atoms with Crippen molar-refractivity contribution in [1.29, 1.82) is 5.26 Å². The molecule has 2 aromatic carbocycles. The second-order valence-corrected chi connectivity index (χ2v) is 7.96. The van der Waals surface area contributed by atoms with Crippen LogP contribution in [0.3, 0.4) is 0 Å². The second kappa shape index (κ2) is 11.4. The largest absolute Gasteiger partial charge is 0.484 e. The van der Waals surface area contributed by atoms with Gasteiger partial charge in [-0.05, 0) is 54.8 Å². The van der Waals surface area contributed by atoms with Crippen molar-refractivity contribution in [2.75, 3.05) is 11.9 Å². The molecule has 2 N–H and O–H groups in total. The number of carbonyl (C=O) groups is 2. The van der Waals surface area contributed by atoms with E-state index in [9.17, 15) is 28.0 Å². The van der Waals surface area contributed by atoms with Gasteiger partial charge in [0, 0.05) is 11.7 Å². The Morgan fingerprint density at radius 1 is 1.09 bits per heavy atom. The van der Waals surface area contributed by atoms with E-state index in [0.29, 0.717) is 11.3 Å². The average molecular weight is 471 g/mol. The van der Waals surface area contributed by atoms with Crippen LogP contribution in [0.2, 0.25) is 0 Å². The lowest BCUT2D eigenvalue weighted by Crippen LogP contribution is -2.38. The van der Waals surface area contributed by atoms with Gasteiger partial charge in [-0.15, -0.1) is 0 Å². The van der Waals surface area contributed by atoms with E-state index < -0.39 is 17.6 Å². The minimum Gasteiger partial charge on any atom is -0.484 e. The summed E-state index contributed by atoms with van der Waals surface area (Å²) >= 11 is 0. The maximum absolute atomic E-state index is 12.8. The highest BCUT2D eigenvalue weighted by molar-refractivity contribution is 6.09. The summed E-state index contributed by atoms with van der Waals surface area (Å²) in [6, 6.07) is 12.5. The summed E-state index contributed by atoms with van der Waals surface area (Å²) in [5, 5.41) is 14.6. The standard InChI is InChI=1S/C25H24F3N3O3/c26-25(27,28)19-5-4-8-21(14-19)31-24(33)18(15-29)13-17-9-11-22(12-10-17)34-16-23(32)30-20-6-2-1-3-7-20/h4-5,8-14,20H,1-3,6-7,16H2,(H,30,32)(H,31,33)/b18-13+. The van der Waals surface area contributed by atoms with Gasteiger partial charge < -0.3 is 15.4 Å². The number of rotatable bonds is 7. The van der Waals surface area contributed by atoms with Gasteiger partial charge in [-0.2, -0.15) is 18.4 Å². The zero-order chi connectivity index (χ0) is 24.6. The molecule has 0 heterocycles. The molecule has 1 fully saturated rings. The van der Waals surface area contributed by atoms with Crippen molar-refractivity contribution in [2.45, 2.75) is 44.3 Å². The maximum atomic E-state index is 12.8. The van der Waals surface area contributed by atoms with Gasteiger partial charge in [-0.1, -0.05) is 37.5 Å². The molecular formula is C25H24F3N3O3. The molecule has 34 heavy (non-hydrogen) atoms. The number of halogens is 3. The lowest BCUT2D eigenvalue weighted by atomic mass is 9.95. The summed E-state index contributed by atoms with van der Waals surface area (Å²) in [4.78, 5) is 24.4. The fraction of sp³-hybridized carbons (Fsp3) is 0.320. The SMILES string of the molecule is N#C/C(=C\c1ccc(OCC(=O)NC2CCCCC2)cc1)C(=O)Nc1cccc(C(F)(F)F)c1. The van der Waals surface area contributed by atoms with Gasteiger partial charge in [0.2, 0.25) is 0 Å². The Balaban J connectivity index is 1.57. The highest BCUT2D eigenvalue weighted by Gasteiger charge is 2.30. The molecule has 0 spiro atoms. The third kappa shape index (κ3) is 7.37. The normalized spacial score (nSPS) is 14.7. The molecule has 0 aromatic heterocycles. The van der Waals surface area contributed by atoms with Gasteiger partial charge in [0.25, 0.3) is 11.8 Å². The minimum atomic E-state index is -4.55. The number of nitrogens with one attached hydrogen (secondary N) is 2. The monoisotopic (exact) mass is 471 g/mol. The molecule has 1 aliphatic carbocycles. The number of ether oxygens (including phenoxy) is 1. The van der Waals surface area contributed by atoms with Crippen molar-refractivity contribution in [3.05, 3.63) is 65.2 Å². The smallest absolute Gasteiger partial charge is 0.416 e. The Morgan fingerprint density at radius 2 is 1.79 bits per heavy atom. The van der Waals surface area contributed by atoms with E-state index in [1.54, 1.807) is 30.3 Å². The van der Waals surface area contributed by atoms with Crippen molar-refractivity contribution in [3.63, 3.8) is 0 Å². The predicted molar refractivity (Wildman–Crippen MR) is 121 cm³/mol. The number of nitriles is 1. The average Bonchev–Trinajstić information content (AvgIpc) is 2.82. The molecule has 0 bridgehead atoms. The second-order valence-electron chi connectivity index (χ2n) is 7.96. The van der Waals surface area contributed by atoms with Crippen LogP contribution >= 0.6 is 0 Å². The molecule has 0 radical (unpaired) electrons. The fourth-order valence-corrected chi connectivity index (χ4v) is 3.61. The lowest BCUT2D eigenvalue weighted by molar-refractivity contribution is -0.137. The van der Waals surface area contributed by atoms with Crippen molar-refractivity contribution >= 4 is 23.6 Å². The van der Waals surface area contributed by atoms with Crippen molar-refractivity contribution in [2.24, 2.45) is 0 Å². The first-order valence-corrected chi connectivity index (χ1v) is 10.9. The third-order valence-corrected chi connectivity index (χ3v) is 5.34. The van der Waals surface area contributed by atoms with Crippen LogP contribution in [0.4, 0.5) is 18.9 Å². The molecule has 1 saturated carbocycles. The van der Waals surface area contributed by atoms with Crippen LogP contribution < -0.4 is 15.4 Å². The zero-order valence-electron chi connectivity index (χ0n) is 18.3. The molecule has 0 aliphatic heterocycles. The van der Waals surface area contributed by atoms with E-state index in [2.05, 4.69) is 10.6 Å². The first-order chi connectivity index (χ1) is 16.2. The summed E-state index contributed by atoms with van der Waals surface area (Å²) < 4.78 is 44.0. The molecule has 2 amide bonds. The number of hydrogen-bond acceptors (Lipinski definition) is 4. The van der Waals surface area contributed by atoms with Gasteiger partial charge >= 0.3 is 6.18 Å². The summed E-state index contributed by atoms with van der Waals surface area (Å²) in [5.74, 6) is -0.571. The first-order valence-electron chi connectivity index (χ1n) is 10.9. The quantitative estimate of drug-likeness (QED) is 0.435. The molecule has 9 heteroatoms. The molecule has 3 rings (SSSR count). The number of anilines is 1. The van der Waals surface area contributed by atoms with Crippen molar-refractivity contribution < 1.29 is 27.5 Å². The van der Waals surface area contributed by atoms with Gasteiger partial charge in [0.1, 0.15) is 17.4 Å². The molecule has 1 aliphatic rings. The van der Waals surface area contributed by atoms with Gasteiger partial charge in [-0.25, -0.2) is 0 Å². The Morgan fingerprint density at radius 3 is 2.44 bits per heavy atom. The predicted octanol–water partition coefficient (Wildman–Crippen LogP) is 5.08. The number of alkyl halides is 3. The van der Waals surface area contributed by atoms with Gasteiger partial charge in [0.05, 0.1) is 5.56 Å². The maximum Gasteiger partial charge on any atom is 0.416 e. The summed E-state index contributed by atoms with van der Waals surface area (Å²) in [7, 11) is 0. The topological polar surface area (TPSA) is 91.2 Å². The first kappa shape index (κ1) is 24.8. The van der Waals surface area contributed by atoms with Crippen LogP contribution in [0, 0.1) is 11.3 Å². The number of hydrogen-bond donors (Lipinski definition) is 2. The molecule has 2 aromatic rings. The van der Waals surface area contributed by atoms with E-state index in [0.717, 1.165) is 37.8 Å². The summed E-state index contributed by atoms with van der Waals surface area (Å²) in [6.45, 7) is -0.117. The molecule has 0 unspecified atom stereocenters. The number of carbonyl (C=O) groups excluding carboxylic acids is 2. The molecular weight excluding hydrogens is 447 g/mol. The Hall–Kier alpha value is -3.80. The molecule has 178 valence electrons. The minimum absolute atomic E-state index is 0.0729. The van der Waals surface area contributed by atoms with Crippen LogP contribution in [0.5, 0.6) is 5.75 Å². The summed E-state index contributed by atoms with van der Waals surface area (Å²) in [5.41, 5.74) is -0.750. The van der Waals surface area contributed by atoms with Crippen LogP contribution in [0.1, 0.15) is 43.2 Å². The van der Waals surface area contributed by atoms with E-state index >= 15 is 0 Å². The van der Waals surface area contributed by atoms with E-state index in [4.69, 9.17) is 4.74 Å². The summed E-state index contributed by atoms with van der Waals surface area (Å²) in [6.07, 6.45) is 2.15. The van der Waals surface area contributed by atoms with Crippen LogP contribution in [0.25, 0.3) is 6.08 Å². The Bertz CT molecular complexity index is 1080. The van der Waals surface area contributed by atoms with Crippen LogP contribution in [0.15, 0.2) is 54.1 Å². The number of nitrogens with zero attached hydrogens (tertiary/aromatic N) is 1. The lowest BCUT2D eigenvalue weighted by Gasteiger charge is -2.22. The van der Waals surface area contributed by atoms with Crippen LogP contribution in [-0.2, 0) is 15.8 Å². The van der Waals surface area contributed by atoms with Crippen molar-refractivity contribution in [1.82, 2.24) is 5.32 Å². The molecule has 6 nitrogen and oxygen atoms in total. The Labute approximate surface area is 195 Å². The number of amides is 2. The third-order valence-electron chi connectivity index (χ3n) is 5.34. The van der Waals surface area contributed by atoms with E-state index in [1.807, 2.05) is 0 Å². The van der Waals surface area contributed by atoms with E-state index in [-0.39, 0.29) is 29.8 Å². The Kier molecular flexibility index (Phi) is 8.30. The van der Waals surface area contributed by atoms with Gasteiger partial charge in [-0.3, -0.25) is 9.59 Å². The van der Waals surface area contributed by atoms with E-state index in [1.165, 1.54) is 24.6 Å². The zero-order valence-corrected chi connectivity index (χ0v) is 18.3. The number of benzene rings is 2. The highest BCUT2D eigenvalue weighted by Crippen LogP contribution is 2.30. The van der Waals surface area contributed by atoms with Crippen LogP contribution in [-0.4, -0.2) is 24.5 Å². The van der Waals surface area contributed by atoms with Crippen molar-refractivity contribution in [3.8, 4) is 11.8 Å². The molecule has 0 saturated heterocycles. The fourth-order valence-electron chi connectivity index (χ4n) is 3.61. The van der Waals surface area contributed by atoms with Gasteiger partial charge in [0.15, 0.2) is 6.61 Å². The highest BCUT2D eigenvalue weighted by atomic mass is 19.4.